The molecule has 1 aromatic carbocycles. The summed E-state index contributed by atoms with van der Waals surface area (Å²) in [5.74, 6) is 0.948. The van der Waals surface area contributed by atoms with Gasteiger partial charge in [0, 0.05) is 42.7 Å². The highest BCUT2D eigenvalue weighted by Crippen LogP contribution is 2.28. The van der Waals surface area contributed by atoms with Crippen molar-refractivity contribution < 1.29 is 9.13 Å². The monoisotopic (exact) mass is 406 g/mol. The van der Waals surface area contributed by atoms with Gasteiger partial charge in [-0.25, -0.2) is 14.4 Å². The van der Waals surface area contributed by atoms with Crippen LogP contribution in [0.3, 0.4) is 0 Å². The summed E-state index contributed by atoms with van der Waals surface area (Å²) in [6, 6.07) is 8.89. The first kappa shape index (κ1) is 19.8. The van der Waals surface area contributed by atoms with Crippen molar-refractivity contribution >= 4 is 11.6 Å². The maximum Gasteiger partial charge on any atom is 0.225 e. The van der Waals surface area contributed by atoms with Crippen LogP contribution in [0.1, 0.15) is 17.0 Å². The molecule has 0 saturated carbocycles. The first-order chi connectivity index (χ1) is 14.5. The predicted molar refractivity (Wildman–Crippen MR) is 113 cm³/mol. The van der Waals surface area contributed by atoms with E-state index in [-0.39, 0.29) is 5.82 Å². The Kier molecular flexibility index (Phi) is 5.31. The molecule has 0 spiro atoms. The van der Waals surface area contributed by atoms with Gasteiger partial charge in [-0.05, 0) is 44.0 Å². The highest BCUT2D eigenvalue weighted by atomic mass is 19.1. The summed E-state index contributed by atoms with van der Waals surface area (Å²) in [5, 5.41) is 8.40. The van der Waals surface area contributed by atoms with Crippen molar-refractivity contribution in [3.8, 4) is 16.9 Å². The molecule has 0 aliphatic rings. The van der Waals surface area contributed by atoms with E-state index in [0.717, 1.165) is 28.2 Å². The van der Waals surface area contributed by atoms with E-state index in [2.05, 4.69) is 20.2 Å². The van der Waals surface area contributed by atoms with Crippen molar-refractivity contribution in [1.29, 1.82) is 0 Å². The lowest BCUT2D eigenvalue weighted by atomic mass is 10.0. The number of methoxy groups -OCH3 is 1. The number of pyridine rings is 1. The van der Waals surface area contributed by atoms with Gasteiger partial charge in [0.15, 0.2) is 5.65 Å². The summed E-state index contributed by atoms with van der Waals surface area (Å²) in [6.07, 6.45) is 4.60. The SMILES string of the molecule is COc1cccc(F)c1CCc1ccc(-c2cnc(N(C)C)nc2C)c2nncn12. The molecule has 0 bridgehead atoms. The minimum absolute atomic E-state index is 0.264. The molecule has 30 heavy (non-hydrogen) atoms. The van der Waals surface area contributed by atoms with Crippen LogP contribution in [-0.2, 0) is 12.8 Å². The van der Waals surface area contributed by atoms with Gasteiger partial charge in [0.25, 0.3) is 0 Å². The van der Waals surface area contributed by atoms with Gasteiger partial charge in [-0.1, -0.05) is 6.07 Å². The lowest BCUT2D eigenvalue weighted by Crippen LogP contribution is -2.13. The number of anilines is 1. The lowest BCUT2D eigenvalue weighted by molar-refractivity contribution is 0.404. The van der Waals surface area contributed by atoms with E-state index in [9.17, 15) is 4.39 Å². The molecule has 0 saturated heterocycles. The van der Waals surface area contributed by atoms with Crippen LogP contribution in [0.4, 0.5) is 10.3 Å². The predicted octanol–water partition coefficient (Wildman–Crippen LogP) is 3.49. The van der Waals surface area contributed by atoms with Crippen LogP contribution in [0.15, 0.2) is 42.9 Å². The number of ether oxygens (including phenoxy) is 1. The molecule has 0 aliphatic heterocycles. The van der Waals surface area contributed by atoms with Crippen molar-refractivity contribution in [3.05, 3.63) is 65.6 Å². The fourth-order valence-corrected chi connectivity index (χ4v) is 3.54. The molecular weight excluding hydrogens is 383 g/mol. The number of benzene rings is 1. The molecule has 0 amide bonds. The zero-order chi connectivity index (χ0) is 21.3. The summed E-state index contributed by atoms with van der Waals surface area (Å²) in [5.41, 5.74) is 4.93. The summed E-state index contributed by atoms with van der Waals surface area (Å²) in [4.78, 5) is 10.9. The van der Waals surface area contributed by atoms with Crippen LogP contribution in [0.25, 0.3) is 16.8 Å². The van der Waals surface area contributed by atoms with Crippen LogP contribution in [0, 0.1) is 12.7 Å². The van der Waals surface area contributed by atoms with E-state index in [1.807, 2.05) is 48.6 Å². The standard InChI is InChI=1S/C22H23FN6O/c1-14-18(12-24-22(26-14)28(2)3)16-10-8-15(29-13-25-27-21(16)29)9-11-17-19(23)6-5-7-20(17)30-4/h5-8,10,12-13H,9,11H2,1-4H3. The quantitative estimate of drug-likeness (QED) is 0.488. The van der Waals surface area contributed by atoms with E-state index in [0.29, 0.717) is 30.1 Å². The normalized spacial score (nSPS) is 11.1. The average molecular weight is 406 g/mol. The third-order valence-electron chi connectivity index (χ3n) is 5.12. The van der Waals surface area contributed by atoms with E-state index < -0.39 is 0 Å². The number of nitrogens with zero attached hydrogens (tertiary/aromatic N) is 6. The third-order valence-corrected chi connectivity index (χ3v) is 5.12. The topological polar surface area (TPSA) is 68.4 Å². The molecule has 0 unspecified atom stereocenters. The Morgan fingerprint density at radius 3 is 2.67 bits per heavy atom. The highest BCUT2D eigenvalue weighted by molar-refractivity contribution is 5.78. The van der Waals surface area contributed by atoms with Crippen molar-refractivity contribution in [2.24, 2.45) is 0 Å². The number of aromatic nitrogens is 5. The Morgan fingerprint density at radius 1 is 1.10 bits per heavy atom. The molecule has 3 heterocycles. The molecule has 7 nitrogen and oxygen atoms in total. The Bertz CT molecular complexity index is 1200. The van der Waals surface area contributed by atoms with Gasteiger partial charge in [0.2, 0.25) is 5.95 Å². The van der Waals surface area contributed by atoms with Crippen molar-refractivity contribution in [3.63, 3.8) is 0 Å². The van der Waals surface area contributed by atoms with Crippen LogP contribution < -0.4 is 9.64 Å². The number of hydrogen-bond acceptors (Lipinski definition) is 6. The first-order valence-electron chi connectivity index (χ1n) is 9.64. The maximum absolute atomic E-state index is 14.3. The van der Waals surface area contributed by atoms with E-state index in [1.165, 1.54) is 6.07 Å². The zero-order valence-electron chi connectivity index (χ0n) is 17.4. The summed E-state index contributed by atoms with van der Waals surface area (Å²) >= 11 is 0. The molecule has 0 radical (unpaired) electrons. The first-order valence-corrected chi connectivity index (χ1v) is 9.64. The molecule has 4 rings (SSSR count). The van der Waals surface area contributed by atoms with Gasteiger partial charge in [-0.2, -0.15) is 0 Å². The van der Waals surface area contributed by atoms with Gasteiger partial charge in [-0.15, -0.1) is 10.2 Å². The van der Waals surface area contributed by atoms with E-state index in [1.54, 1.807) is 25.6 Å². The van der Waals surface area contributed by atoms with Gasteiger partial charge in [-0.3, -0.25) is 4.40 Å². The molecule has 0 aliphatic carbocycles. The molecular formula is C22H23FN6O. The molecule has 4 aromatic rings. The van der Waals surface area contributed by atoms with Crippen LogP contribution in [0.2, 0.25) is 0 Å². The molecule has 3 aromatic heterocycles. The molecule has 8 heteroatoms. The summed E-state index contributed by atoms with van der Waals surface area (Å²) in [6.45, 7) is 1.95. The minimum Gasteiger partial charge on any atom is -0.496 e. The maximum atomic E-state index is 14.3. The average Bonchev–Trinajstić information content (AvgIpc) is 3.23. The van der Waals surface area contributed by atoms with Crippen molar-refractivity contribution in [2.45, 2.75) is 19.8 Å². The van der Waals surface area contributed by atoms with Gasteiger partial charge in [0.05, 0.1) is 12.8 Å². The number of hydrogen-bond donors (Lipinski definition) is 0. The van der Waals surface area contributed by atoms with E-state index in [4.69, 9.17) is 4.74 Å². The number of fused-ring (bicyclic) bond motifs is 1. The Balaban J connectivity index is 1.69. The smallest absolute Gasteiger partial charge is 0.225 e. The summed E-state index contributed by atoms with van der Waals surface area (Å²) < 4.78 is 21.5. The second-order valence-electron chi connectivity index (χ2n) is 7.25. The number of halogens is 1. The highest BCUT2D eigenvalue weighted by Gasteiger charge is 2.15. The Labute approximate surface area is 174 Å². The molecule has 154 valence electrons. The van der Waals surface area contributed by atoms with Crippen LogP contribution in [0.5, 0.6) is 5.75 Å². The van der Waals surface area contributed by atoms with Crippen molar-refractivity contribution in [1.82, 2.24) is 24.6 Å². The Hall–Kier alpha value is -3.55. The van der Waals surface area contributed by atoms with Gasteiger partial charge >= 0.3 is 0 Å². The van der Waals surface area contributed by atoms with Crippen LogP contribution >= 0.6 is 0 Å². The van der Waals surface area contributed by atoms with Gasteiger partial charge in [0.1, 0.15) is 17.9 Å². The molecule has 0 atom stereocenters. The molecule has 0 N–H and O–H groups in total. The van der Waals surface area contributed by atoms with E-state index >= 15 is 0 Å². The molecule has 0 fully saturated rings. The summed E-state index contributed by atoms with van der Waals surface area (Å²) in [7, 11) is 5.37. The zero-order valence-corrected chi connectivity index (χ0v) is 17.4. The number of aryl methyl sites for hydroxylation is 2. The van der Waals surface area contributed by atoms with Gasteiger partial charge < -0.3 is 9.64 Å². The fraction of sp³-hybridized carbons (Fsp3) is 0.273. The van der Waals surface area contributed by atoms with Crippen molar-refractivity contribution in [2.75, 3.05) is 26.1 Å². The second-order valence-corrected chi connectivity index (χ2v) is 7.25. The largest absolute Gasteiger partial charge is 0.496 e. The minimum atomic E-state index is -0.264. The lowest BCUT2D eigenvalue weighted by Gasteiger charge is -2.14. The Morgan fingerprint density at radius 2 is 1.93 bits per heavy atom. The number of rotatable bonds is 6. The second kappa shape index (κ2) is 8.06. The third kappa shape index (κ3) is 3.56. The van der Waals surface area contributed by atoms with Crippen LogP contribution in [-0.4, -0.2) is 45.8 Å². The fourth-order valence-electron chi connectivity index (χ4n) is 3.54.